The van der Waals surface area contributed by atoms with Crippen molar-refractivity contribution in [2.45, 2.75) is 13.3 Å². The molecule has 0 saturated carbocycles. The fourth-order valence-electron chi connectivity index (χ4n) is 1.96. The molecule has 0 radical (unpaired) electrons. The summed E-state index contributed by atoms with van der Waals surface area (Å²) in [6, 6.07) is 9.63. The van der Waals surface area contributed by atoms with Gasteiger partial charge in [-0.3, -0.25) is 19.3 Å². The molecule has 22 heavy (non-hydrogen) atoms. The molecule has 1 heterocycles. The number of aliphatic carboxylic acids is 1. The first-order valence-electron chi connectivity index (χ1n) is 6.68. The van der Waals surface area contributed by atoms with E-state index in [1.807, 2.05) is 43.3 Å². The molecule has 1 N–H and O–H groups in total. The molecule has 0 aliphatic carbocycles. The molecule has 1 aliphatic rings. The predicted molar refractivity (Wildman–Crippen MR) is 85.1 cm³/mol. The number of hydrogen-bond donors (Lipinski definition) is 1. The second kappa shape index (κ2) is 7.09. The zero-order valence-electron chi connectivity index (χ0n) is 12.0. The number of carbonyl (C=O) groups excluding carboxylic acids is 2. The first-order valence-corrected chi connectivity index (χ1v) is 7.49. The molecule has 1 saturated heterocycles. The minimum absolute atomic E-state index is 0.0984. The van der Waals surface area contributed by atoms with Gasteiger partial charge in [-0.2, -0.15) is 0 Å². The van der Waals surface area contributed by atoms with Crippen LogP contribution in [0.2, 0.25) is 0 Å². The zero-order valence-corrected chi connectivity index (χ0v) is 12.8. The molecule has 0 atom stereocenters. The van der Waals surface area contributed by atoms with Crippen molar-refractivity contribution in [3.8, 4) is 0 Å². The average molecular weight is 317 g/mol. The Morgan fingerprint density at radius 2 is 1.95 bits per heavy atom. The Hall–Kier alpha value is -2.34. The molecule has 0 unspecified atom stereocenters. The van der Waals surface area contributed by atoms with Crippen LogP contribution in [0.1, 0.15) is 18.9 Å². The van der Waals surface area contributed by atoms with E-state index < -0.39 is 17.1 Å². The number of carboxylic acids is 1. The highest BCUT2D eigenvalue weighted by molar-refractivity contribution is 8.18. The second-order valence-corrected chi connectivity index (χ2v) is 5.77. The number of allylic oxidation sites excluding steroid dienone is 2. The highest BCUT2D eigenvalue weighted by Gasteiger charge is 2.34. The maximum Gasteiger partial charge on any atom is 0.305 e. The minimum Gasteiger partial charge on any atom is -0.481 e. The number of carboxylic acid groups (broad SMARTS) is 1. The smallest absolute Gasteiger partial charge is 0.305 e. The van der Waals surface area contributed by atoms with Crippen molar-refractivity contribution in [3.05, 3.63) is 52.4 Å². The van der Waals surface area contributed by atoms with Gasteiger partial charge in [0, 0.05) is 6.54 Å². The number of benzene rings is 1. The summed E-state index contributed by atoms with van der Waals surface area (Å²) in [4.78, 5) is 35.7. The Balaban J connectivity index is 2.12. The van der Waals surface area contributed by atoms with Crippen LogP contribution < -0.4 is 0 Å². The zero-order chi connectivity index (χ0) is 16.1. The van der Waals surface area contributed by atoms with Crippen LogP contribution in [-0.4, -0.2) is 33.7 Å². The predicted octanol–water partition coefficient (Wildman–Crippen LogP) is 3.14. The van der Waals surface area contributed by atoms with E-state index >= 15 is 0 Å². The van der Waals surface area contributed by atoms with Crippen molar-refractivity contribution < 1.29 is 19.5 Å². The van der Waals surface area contributed by atoms with Crippen LogP contribution in [0.3, 0.4) is 0 Å². The van der Waals surface area contributed by atoms with E-state index in [1.54, 1.807) is 6.08 Å². The molecular weight excluding hydrogens is 302 g/mol. The summed E-state index contributed by atoms with van der Waals surface area (Å²) in [7, 11) is 0. The summed E-state index contributed by atoms with van der Waals surface area (Å²) >= 11 is 0.837. The van der Waals surface area contributed by atoms with Crippen LogP contribution in [-0.2, 0) is 9.59 Å². The van der Waals surface area contributed by atoms with Crippen molar-refractivity contribution in [3.63, 3.8) is 0 Å². The quantitative estimate of drug-likeness (QED) is 0.844. The van der Waals surface area contributed by atoms with Gasteiger partial charge in [0.05, 0.1) is 11.3 Å². The first kappa shape index (κ1) is 16.0. The molecule has 1 aromatic rings. The Bertz CT molecular complexity index is 664. The lowest BCUT2D eigenvalue weighted by atomic mass is 10.1. The van der Waals surface area contributed by atoms with Crippen molar-refractivity contribution >= 4 is 35.0 Å². The number of imide groups is 1. The van der Waals surface area contributed by atoms with E-state index in [1.165, 1.54) is 0 Å². The van der Waals surface area contributed by atoms with Gasteiger partial charge in [-0.15, -0.1) is 0 Å². The van der Waals surface area contributed by atoms with E-state index in [0.29, 0.717) is 4.91 Å². The standard InChI is InChI=1S/C16H15NO4S/c1-11(9-12-5-3-2-4-6-12)10-13-15(20)17(16(21)22-13)8-7-14(18)19/h2-6,9-10H,7-8H2,1H3,(H,18,19)/b11-9+,13-10-. The maximum absolute atomic E-state index is 12.1. The van der Waals surface area contributed by atoms with Gasteiger partial charge >= 0.3 is 5.97 Å². The molecular formula is C16H15NO4S. The molecule has 5 nitrogen and oxygen atoms in total. The largest absolute Gasteiger partial charge is 0.481 e. The molecule has 6 heteroatoms. The molecule has 0 bridgehead atoms. The van der Waals surface area contributed by atoms with Gasteiger partial charge in [0.25, 0.3) is 11.1 Å². The van der Waals surface area contributed by atoms with Gasteiger partial charge in [0.1, 0.15) is 0 Å². The Labute approximate surface area is 132 Å². The second-order valence-electron chi connectivity index (χ2n) is 4.78. The summed E-state index contributed by atoms with van der Waals surface area (Å²) < 4.78 is 0. The fourth-order valence-corrected chi connectivity index (χ4v) is 2.88. The molecule has 1 fully saturated rings. The van der Waals surface area contributed by atoms with E-state index in [0.717, 1.165) is 27.8 Å². The number of carbonyl (C=O) groups is 3. The lowest BCUT2D eigenvalue weighted by Gasteiger charge is -2.09. The topological polar surface area (TPSA) is 74.7 Å². The number of thioether (sulfide) groups is 1. The molecule has 0 aromatic heterocycles. The molecule has 114 valence electrons. The molecule has 2 amide bonds. The SMILES string of the molecule is CC(/C=C1\SC(=O)N(CCC(=O)O)C1=O)=C\c1ccccc1. The van der Waals surface area contributed by atoms with Crippen molar-refractivity contribution in [1.29, 1.82) is 0 Å². The van der Waals surface area contributed by atoms with Crippen LogP contribution in [0.4, 0.5) is 4.79 Å². The summed E-state index contributed by atoms with van der Waals surface area (Å²) in [6.45, 7) is 1.75. The normalized spacial score (nSPS) is 17.4. The molecule has 2 rings (SSSR count). The number of nitrogens with zero attached hydrogens (tertiary/aromatic N) is 1. The lowest BCUT2D eigenvalue weighted by Crippen LogP contribution is -2.30. The Morgan fingerprint density at radius 3 is 2.59 bits per heavy atom. The Morgan fingerprint density at radius 1 is 1.27 bits per heavy atom. The Kier molecular flexibility index (Phi) is 5.16. The van der Waals surface area contributed by atoms with Crippen molar-refractivity contribution in [1.82, 2.24) is 4.90 Å². The van der Waals surface area contributed by atoms with E-state index in [2.05, 4.69) is 0 Å². The molecule has 0 spiro atoms. The van der Waals surface area contributed by atoms with Crippen molar-refractivity contribution in [2.75, 3.05) is 6.54 Å². The minimum atomic E-state index is -1.04. The van der Waals surface area contributed by atoms with Crippen LogP contribution in [0.15, 0.2) is 46.9 Å². The van der Waals surface area contributed by atoms with Gasteiger partial charge in [0.15, 0.2) is 0 Å². The summed E-state index contributed by atoms with van der Waals surface area (Å²) in [5, 5.41) is 8.22. The third-order valence-corrected chi connectivity index (χ3v) is 3.88. The van der Waals surface area contributed by atoms with Gasteiger partial charge in [-0.25, -0.2) is 0 Å². The molecule has 1 aromatic carbocycles. The van der Waals surface area contributed by atoms with E-state index in [-0.39, 0.29) is 13.0 Å². The maximum atomic E-state index is 12.1. The highest BCUT2D eigenvalue weighted by Crippen LogP contribution is 2.31. The molecule has 1 aliphatic heterocycles. The lowest BCUT2D eigenvalue weighted by molar-refractivity contribution is -0.137. The third-order valence-electron chi connectivity index (χ3n) is 2.98. The summed E-state index contributed by atoms with van der Waals surface area (Å²) in [5.41, 5.74) is 1.84. The fraction of sp³-hybridized carbons (Fsp3) is 0.188. The van der Waals surface area contributed by atoms with Crippen molar-refractivity contribution in [2.24, 2.45) is 0 Å². The number of hydrogen-bond acceptors (Lipinski definition) is 4. The van der Waals surface area contributed by atoms with Gasteiger partial charge in [-0.1, -0.05) is 36.4 Å². The third kappa shape index (κ3) is 4.08. The van der Waals surface area contributed by atoms with Gasteiger partial charge in [-0.05, 0) is 35.9 Å². The van der Waals surface area contributed by atoms with Crippen LogP contribution in [0, 0.1) is 0 Å². The first-order chi connectivity index (χ1) is 10.5. The average Bonchev–Trinajstić information content (AvgIpc) is 2.72. The summed E-state index contributed by atoms with van der Waals surface area (Å²) in [6.07, 6.45) is 3.31. The highest BCUT2D eigenvalue weighted by atomic mass is 32.2. The van der Waals surface area contributed by atoms with Crippen LogP contribution in [0.5, 0.6) is 0 Å². The van der Waals surface area contributed by atoms with Crippen LogP contribution >= 0.6 is 11.8 Å². The number of rotatable bonds is 5. The summed E-state index contributed by atoms with van der Waals surface area (Å²) in [5.74, 6) is -1.47. The van der Waals surface area contributed by atoms with Gasteiger partial charge in [0.2, 0.25) is 0 Å². The van der Waals surface area contributed by atoms with E-state index in [9.17, 15) is 14.4 Å². The van der Waals surface area contributed by atoms with Gasteiger partial charge < -0.3 is 5.11 Å². The van der Waals surface area contributed by atoms with Crippen LogP contribution in [0.25, 0.3) is 6.08 Å². The monoisotopic (exact) mass is 317 g/mol. The number of amides is 2. The van der Waals surface area contributed by atoms with E-state index in [4.69, 9.17) is 5.11 Å².